The first-order chi connectivity index (χ1) is 13.5. The van der Waals surface area contributed by atoms with Crippen molar-refractivity contribution in [2.24, 2.45) is 5.92 Å². The minimum absolute atomic E-state index is 0.366. The molecule has 0 radical (unpaired) electrons. The molecule has 1 N–H and O–H groups in total. The molecule has 0 spiro atoms. The minimum atomic E-state index is -0.458. The summed E-state index contributed by atoms with van der Waals surface area (Å²) in [7, 11) is 0. The smallest absolute Gasteiger partial charge is 0.338 e. The van der Waals surface area contributed by atoms with Crippen molar-refractivity contribution < 1.29 is 14.3 Å². The van der Waals surface area contributed by atoms with Crippen LogP contribution < -0.4 is 10.1 Å². The molecule has 3 rings (SSSR count). The number of ether oxygens (including phenoxy) is 2. The molecule has 0 aliphatic carbocycles. The molecule has 1 aromatic heterocycles. The summed E-state index contributed by atoms with van der Waals surface area (Å²) >= 11 is 0. The van der Waals surface area contributed by atoms with Gasteiger partial charge in [-0.15, -0.1) is 0 Å². The molecular weight excluding hydrogens is 358 g/mol. The maximum atomic E-state index is 12.7. The number of hydrogen-bond acceptors (Lipinski definition) is 7. The number of benzene rings is 1. The number of hydrogen-bond donors (Lipinski definition) is 1. The quantitative estimate of drug-likeness (QED) is 0.697. The molecule has 1 aliphatic rings. The Hall–Kier alpha value is -2.90. The van der Waals surface area contributed by atoms with E-state index < -0.39 is 6.04 Å². The molecule has 8 nitrogen and oxygen atoms in total. The normalized spacial score (nSPS) is 16.0. The van der Waals surface area contributed by atoms with E-state index in [0.717, 1.165) is 24.2 Å². The van der Waals surface area contributed by atoms with E-state index in [4.69, 9.17) is 9.47 Å². The fraction of sp³-hybridized carbons (Fsp3) is 0.500. The van der Waals surface area contributed by atoms with Crippen LogP contribution in [0, 0.1) is 5.92 Å². The number of nitrogens with zero attached hydrogens (tertiary/aromatic N) is 4. The molecule has 1 unspecified atom stereocenters. The fourth-order valence-corrected chi connectivity index (χ4v) is 3.02. The Balaban J connectivity index is 1.87. The van der Waals surface area contributed by atoms with Gasteiger partial charge in [-0.1, -0.05) is 38.0 Å². The van der Waals surface area contributed by atoms with Crippen molar-refractivity contribution in [3.63, 3.8) is 0 Å². The minimum Gasteiger partial charge on any atom is -0.494 e. The van der Waals surface area contributed by atoms with Gasteiger partial charge in [0.1, 0.15) is 11.8 Å². The second-order valence-corrected chi connectivity index (χ2v) is 7.25. The van der Waals surface area contributed by atoms with Crippen LogP contribution in [0.15, 0.2) is 35.5 Å². The molecule has 1 aliphatic heterocycles. The van der Waals surface area contributed by atoms with Crippen LogP contribution in [0.4, 0.5) is 5.95 Å². The van der Waals surface area contributed by atoms with Gasteiger partial charge in [0.15, 0.2) is 0 Å². The van der Waals surface area contributed by atoms with Gasteiger partial charge in [0.05, 0.1) is 18.8 Å². The second kappa shape index (κ2) is 8.86. The predicted octanol–water partition coefficient (Wildman–Crippen LogP) is 3.34. The van der Waals surface area contributed by atoms with E-state index in [0.29, 0.717) is 36.4 Å². The van der Waals surface area contributed by atoms with Gasteiger partial charge in [-0.2, -0.15) is 4.68 Å². The molecule has 2 heterocycles. The number of carbonyl (C=O) groups is 1. The summed E-state index contributed by atoms with van der Waals surface area (Å²) in [5.41, 5.74) is 2.07. The van der Waals surface area contributed by atoms with Gasteiger partial charge < -0.3 is 14.8 Å². The second-order valence-electron chi connectivity index (χ2n) is 7.25. The zero-order valence-electron chi connectivity index (χ0n) is 16.8. The Morgan fingerprint density at radius 1 is 1.25 bits per heavy atom. The summed E-state index contributed by atoms with van der Waals surface area (Å²) in [6, 6.07) is 7.23. The standard InChI is InChI=1S/C20H27N5O3/c1-5-11-28-19(26)17-14(4)21-20-22-23-24-25(20)18(17)15-6-8-16(9-7-15)27-12-10-13(2)3/h6-9,13,18H,5,10-12H2,1-4H3,(H,21,22,24). The van der Waals surface area contributed by atoms with Crippen molar-refractivity contribution in [2.45, 2.75) is 46.6 Å². The molecule has 0 fully saturated rings. The molecular formula is C20H27N5O3. The number of aromatic nitrogens is 4. The number of tetrazole rings is 1. The van der Waals surface area contributed by atoms with Crippen molar-refractivity contribution in [3.8, 4) is 5.75 Å². The third-order valence-corrected chi connectivity index (χ3v) is 4.53. The summed E-state index contributed by atoms with van der Waals surface area (Å²) in [5.74, 6) is 1.52. The van der Waals surface area contributed by atoms with Crippen molar-refractivity contribution >= 4 is 11.9 Å². The van der Waals surface area contributed by atoms with Gasteiger partial charge in [-0.25, -0.2) is 4.79 Å². The summed E-state index contributed by atoms with van der Waals surface area (Å²) in [4.78, 5) is 12.7. The Morgan fingerprint density at radius 2 is 2.00 bits per heavy atom. The van der Waals surface area contributed by atoms with Gasteiger partial charge in [0.2, 0.25) is 5.95 Å². The van der Waals surface area contributed by atoms with Gasteiger partial charge in [-0.3, -0.25) is 0 Å². The molecule has 0 bridgehead atoms. The van der Waals surface area contributed by atoms with Gasteiger partial charge >= 0.3 is 5.97 Å². The molecule has 0 saturated carbocycles. The largest absolute Gasteiger partial charge is 0.494 e. The number of rotatable bonds is 8. The number of allylic oxidation sites excluding steroid dienone is 1. The highest BCUT2D eigenvalue weighted by Gasteiger charge is 2.34. The number of carbonyl (C=O) groups excluding carboxylic acids is 1. The van der Waals surface area contributed by atoms with Crippen molar-refractivity contribution in [1.82, 2.24) is 20.2 Å². The van der Waals surface area contributed by atoms with E-state index in [1.165, 1.54) is 0 Å². The highest BCUT2D eigenvalue weighted by molar-refractivity contribution is 5.92. The van der Waals surface area contributed by atoms with Crippen LogP contribution in [0.3, 0.4) is 0 Å². The number of nitrogens with one attached hydrogen (secondary N) is 1. The molecule has 1 atom stereocenters. The van der Waals surface area contributed by atoms with Crippen LogP contribution in [0.5, 0.6) is 5.75 Å². The average molecular weight is 385 g/mol. The Morgan fingerprint density at radius 3 is 2.68 bits per heavy atom. The lowest BCUT2D eigenvalue weighted by atomic mass is 9.96. The number of esters is 1. The van der Waals surface area contributed by atoms with Crippen LogP contribution in [-0.4, -0.2) is 39.4 Å². The lowest BCUT2D eigenvalue weighted by molar-refractivity contribution is -0.139. The molecule has 28 heavy (non-hydrogen) atoms. The van der Waals surface area contributed by atoms with Crippen LogP contribution in [0.25, 0.3) is 0 Å². The van der Waals surface area contributed by atoms with E-state index in [2.05, 4.69) is 34.7 Å². The Labute approximate surface area is 164 Å². The first-order valence-electron chi connectivity index (χ1n) is 9.66. The number of anilines is 1. The molecule has 8 heteroatoms. The van der Waals surface area contributed by atoms with E-state index in [9.17, 15) is 4.79 Å². The maximum absolute atomic E-state index is 12.7. The Bertz CT molecular complexity index is 842. The highest BCUT2D eigenvalue weighted by Crippen LogP contribution is 2.35. The molecule has 2 aromatic rings. The van der Waals surface area contributed by atoms with E-state index in [-0.39, 0.29) is 5.97 Å². The fourth-order valence-electron chi connectivity index (χ4n) is 3.02. The van der Waals surface area contributed by atoms with Crippen LogP contribution in [-0.2, 0) is 9.53 Å². The summed E-state index contributed by atoms with van der Waals surface area (Å²) in [6.45, 7) is 9.17. The van der Waals surface area contributed by atoms with Crippen LogP contribution >= 0.6 is 0 Å². The number of fused-ring (bicyclic) bond motifs is 1. The van der Waals surface area contributed by atoms with Crippen LogP contribution in [0.1, 0.15) is 52.1 Å². The van der Waals surface area contributed by atoms with Gasteiger partial charge in [-0.05, 0) is 53.8 Å². The first-order valence-corrected chi connectivity index (χ1v) is 9.66. The zero-order valence-corrected chi connectivity index (χ0v) is 16.8. The van der Waals surface area contributed by atoms with Crippen molar-refractivity contribution in [1.29, 1.82) is 0 Å². The van der Waals surface area contributed by atoms with Crippen molar-refractivity contribution in [2.75, 3.05) is 18.5 Å². The van der Waals surface area contributed by atoms with E-state index >= 15 is 0 Å². The van der Waals surface area contributed by atoms with E-state index in [1.807, 2.05) is 38.1 Å². The lowest BCUT2D eigenvalue weighted by Gasteiger charge is -2.27. The summed E-state index contributed by atoms with van der Waals surface area (Å²) in [5, 5.41) is 14.9. The maximum Gasteiger partial charge on any atom is 0.338 e. The highest BCUT2D eigenvalue weighted by atomic mass is 16.5. The van der Waals surface area contributed by atoms with Gasteiger partial charge in [0, 0.05) is 5.70 Å². The Kier molecular flexibility index (Phi) is 6.28. The third-order valence-electron chi connectivity index (χ3n) is 4.53. The lowest BCUT2D eigenvalue weighted by Crippen LogP contribution is -2.29. The molecule has 0 saturated heterocycles. The SMILES string of the molecule is CCCOC(=O)C1=C(C)Nc2nnnn2C1c1ccc(OCCC(C)C)cc1. The predicted molar refractivity (Wildman–Crippen MR) is 105 cm³/mol. The molecule has 1 aromatic carbocycles. The topological polar surface area (TPSA) is 91.2 Å². The monoisotopic (exact) mass is 385 g/mol. The summed E-state index contributed by atoms with van der Waals surface area (Å²) in [6.07, 6.45) is 1.76. The molecule has 0 amide bonds. The van der Waals surface area contributed by atoms with Gasteiger partial charge in [0.25, 0.3) is 0 Å². The summed E-state index contributed by atoms with van der Waals surface area (Å²) < 4.78 is 12.8. The van der Waals surface area contributed by atoms with Crippen molar-refractivity contribution in [3.05, 3.63) is 41.1 Å². The third kappa shape index (κ3) is 4.32. The zero-order chi connectivity index (χ0) is 20.1. The van der Waals surface area contributed by atoms with Crippen LogP contribution in [0.2, 0.25) is 0 Å². The molecule has 150 valence electrons. The first kappa shape index (κ1) is 19.9. The average Bonchev–Trinajstić information content (AvgIpc) is 3.13. The van der Waals surface area contributed by atoms with E-state index in [1.54, 1.807) is 4.68 Å².